The fraction of sp³-hybridized carbons (Fsp3) is 0.400. The minimum atomic E-state index is 0.0327. The zero-order valence-electron chi connectivity index (χ0n) is 10.5. The Kier molecular flexibility index (Phi) is 5.34. The zero-order valence-corrected chi connectivity index (χ0v) is 11.3. The minimum absolute atomic E-state index is 0.0327. The maximum atomic E-state index is 11.7. The van der Waals surface area contributed by atoms with E-state index in [-0.39, 0.29) is 5.91 Å². The maximum absolute atomic E-state index is 11.7. The molecule has 1 aliphatic carbocycles. The van der Waals surface area contributed by atoms with Gasteiger partial charge in [0.15, 0.2) is 0 Å². The van der Waals surface area contributed by atoms with Crippen LogP contribution in [-0.2, 0) is 4.79 Å². The van der Waals surface area contributed by atoms with Gasteiger partial charge >= 0.3 is 0 Å². The average molecular weight is 261 g/mol. The first kappa shape index (κ1) is 13.2. The molecule has 96 valence electrons. The van der Waals surface area contributed by atoms with Crippen LogP contribution < -0.4 is 5.32 Å². The van der Waals surface area contributed by atoms with Gasteiger partial charge in [-0.25, -0.2) is 0 Å². The van der Waals surface area contributed by atoms with Crippen LogP contribution in [-0.4, -0.2) is 11.9 Å². The highest BCUT2D eigenvalue weighted by Gasteiger charge is 2.13. The first-order valence-electron chi connectivity index (χ1n) is 6.53. The van der Waals surface area contributed by atoms with Crippen molar-refractivity contribution in [3.63, 3.8) is 0 Å². The van der Waals surface area contributed by atoms with Gasteiger partial charge in [0.25, 0.3) is 0 Å². The fourth-order valence-corrected chi connectivity index (χ4v) is 2.83. The zero-order chi connectivity index (χ0) is 12.6. The molecule has 0 atom stereocenters. The molecule has 0 aromatic heterocycles. The van der Waals surface area contributed by atoms with E-state index in [0.717, 1.165) is 17.7 Å². The summed E-state index contributed by atoms with van der Waals surface area (Å²) in [6, 6.07) is 10.4. The van der Waals surface area contributed by atoms with E-state index in [9.17, 15) is 4.79 Å². The summed E-state index contributed by atoms with van der Waals surface area (Å²) in [6.45, 7) is 0. The molecule has 0 spiro atoms. The third-order valence-corrected chi connectivity index (χ3v) is 3.93. The van der Waals surface area contributed by atoms with Crippen molar-refractivity contribution in [1.29, 1.82) is 0 Å². The summed E-state index contributed by atoms with van der Waals surface area (Å²) >= 11 is 1.57. The third kappa shape index (κ3) is 4.57. The van der Waals surface area contributed by atoms with Gasteiger partial charge in [-0.3, -0.25) is 4.79 Å². The topological polar surface area (TPSA) is 29.1 Å². The van der Waals surface area contributed by atoms with Crippen molar-refractivity contribution in [2.45, 2.75) is 43.0 Å². The molecule has 1 fully saturated rings. The Morgan fingerprint density at radius 2 is 1.89 bits per heavy atom. The van der Waals surface area contributed by atoms with Crippen molar-refractivity contribution in [1.82, 2.24) is 5.32 Å². The van der Waals surface area contributed by atoms with E-state index in [0.29, 0.717) is 6.04 Å². The van der Waals surface area contributed by atoms with E-state index in [1.807, 2.05) is 35.7 Å². The van der Waals surface area contributed by atoms with E-state index in [1.165, 1.54) is 19.3 Å². The average Bonchev–Trinajstić information content (AvgIpc) is 2.41. The summed E-state index contributed by atoms with van der Waals surface area (Å²) in [5, 5.41) is 4.92. The molecule has 2 rings (SSSR count). The maximum Gasteiger partial charge on any atom is 0.244 e. The van der Waals surface area contributed by atoms with Gasteiger partial charge in [-0.15, -0.1) is 0 Å². The van der Waals surface area contributed by atoms with Crippen LogP contribution in [0.1, 0.15) is 32.1 Å². The molecule has 18 heavy (non-hydrogen) atoms. The Labute approximate surface area is 113 Å². The standard InChI is InChI=1S/C15H19NOS/c17-15(16-13-7-3-1-4-8-13)11-12-18-14-9-5-2-6-10-14/h2,5-6,9-13H,1,3-4,7-8H2,(H,16,17). The lowest BCUT2D eigenvalue weighted by Crippen LogP contribution is -2.34. The molecule has 0 unspecified atom stereocenters. The second kappa shape index (κ2) is 7.27. The minimum Gasteiger partial charge on any atom is -0.350 e. The van der Waals surface area contributed by atoms with Crippen LogP contribution in [0.4, 0.5) is 0 Å². The van der Waals surface area contributed by atoms with Crippen LogP contribution in [0.5, 0.6) is 0 Å². The fourth-order valence-electron chi connectivity index (χ4n) is 2.17. The van der Waals surface area contributed by atoms with Crippen molar-refractivity contribution in [3.8, 4) is 0 Å². The lowest BCUT2D eigenvalue weighted by atomic mass is 9.95. The van der Waals surface area contributed by atoms with E-state index in [1.54, 1.807) is 17.8 Å². The Hall–Kier alpha value is -1.22. The summed E-state index contributed by atoms with van der Waals surface area (Å²) in [6.07, 6.45) is 7.69. The number of hydrogen-bond acceptors (Lipinski definition) is 2. The summed E-state index contributed by atoms with van der Waals surface area (Å²) in [5.41, 5.74) is 0. The van der Waals surface area contributed by atoms with E-state index in [4.69, 9.17) is 0 Å². The van der Waals surface area contributed by atoms with E-state index >= 15 is 0 Å². The summed E-state index contributed by atoms with van der Waals surface area (Å²) in [7, 11) is 0. The largest absolute Gasteiger partial charge is 0.350 e. The van der Waals surface area contributed by atoms with Crippen molar-refractivity contribution < 1.29 is 4.79 Å². The first-order valence-corrected chi connectivity index (χ1v) is 7.41. The summed E-state index contributed by atoms with van der Waals surface area (Å²) in [4.78, 5) is 12.8. The number of nitrogens with one attached hydrogen (secondary N) is 1. The molecule has 1 aromatic carbocycles. The number of hydrogen-bond donors (Lipinski definition) is 1. The van der Waals surface area contributed by atoms with Gasteiger partial charge in [-0.05, 0) is 30.4 Å². The number of carbonyl (C=O) groups is 1. The van der Waals surface area contributed by atoms with Crippen molar-refractivity contribution in [2.24, 2.45) is 0 Å². The van der Waals surface area contributed by atoms with Gasteiger partial charge in [-0.2, -0.15) is 0 Å². The van der Waals surface area contributed by atoms with Gasteiger partial charge in [0.1, 0.15) is 0 Å². The lowest BCUT2D eigenvalue weighted by molar-refractivity contribution is -0.117. The highest BCUT2D eigenvalue weighted by molar-refractivity contribution is 8.02. The summed E-state index contributed by atoms with van der Waals surface area (Å²) in [5.74, 6) is 0.0327. The monoisotopic (exact) mass is 261 g/mol. The van der Waals surface area contributed by atoms with Gasteiger partial charge in [-0.1, -0.05) is 49.2 Å². The molecule has 1 aliphatic rings. The van der Waals surface area contributed by atoms with Crippen LogP contribution in [0.3, 0.4) is 0 Å². The molecule has 1 aromatic rings. The number of thioether (sulfide) groups is 1. The van der Waals surface area contributed by atoms with Gasteiger partial charge in [0.2, 0.25) is 5.91 Å². The van der Waals surface area contributed by atoms with Crippen molar-refractivity contribution >= 4 is 17.7 Å². The Bertz CT molecular complexity index is 396. The number of amides is 1. The van der Waals surface area contributed by atoms with Gasteiger partial charge in [0, 0.05) is 17.0 Å². The smallest absolute Gasteiger partial charge is 0.244 e. The number of benzene rings is 1. The predicted molar refractivity (Wildman–Crippen MR) is 76.5 cm³/mol. The van der Waals surface area contributed by atoms with Crippen LogP contribution in [0.2, 0.25) is 0 Å². The molecular weight excluding hydrogens is 242 g/mol. The Morgan fingerprint density at radius 1 is 1.17 bits per heavy atom. The molecule has 0 bridgehead atoms. The highest BCUT2D eigenvalue weighted by Crippen LogP contribution is 2.19. The molecular formula is C15H19NOS. The van der Waals surface area contributed by atoms with E-state index < -0.39 is 0 Å². The van der Waals surface area contributed by atoms with Gasteiger partial charge < -0.3 is 5.32 Å². The molecule has 2 nitrogen and oxygen atoms in total. The normalized spacial score (nSPS) is 16.9. The molecule has 1 amide bonds. The first-order chi connectivity index (χ1) is 8.84. The van der Waals surface area contributed by atoms with Crippen molar-refractivity contribution in [2.75, 3.05) is 0 Å². The van der Waals surface area contributed by atoms with E-state index in [2.05, 4.69) is 5.32 Å². The predicted octanol–water partition coefficient (Wildman–Crippen LogP) is 3.74. The Morgan fingerprint density at radius 3 is 2.61 bits per heavy atom. The SMILES string of the molecule is O=C(C=CSc1ccccc1)NC1CCCCC1. The molecule has 0 saturated heterocycles. The van der Waals surface area contributed by atoms with Crippen LogP contribution in [0.25, 0.3) is 0 Å². The molecule has 0 heterocycles. The van der Waals surface area contributed by atoms with Gasteiger partial charge in [0.05, 0.1) is 0 Å². The summed E-state index contributed by atoms with van der Waals surface area (Å²) < 4.78 is 0. The Balaban J connectivity index is 1.73. The van der Waals surface area contributed by atoms with Crippen LogP contribution >= 0.6 is 11.8 Å². The molecule has 0 radical (unpaired) electrons. The molecule has 1 saturated carbocycles. The molecule has 3 heteroatoms. The molecule has 1 N–H and O–H groups in total. The van der Waals surface area contributed by atoms with Crippen LogP contribution in [0, 0.1) is 0 Å². The third-order valence-electron chi connectivity index (χ3n) is 3.12. The highest BCUT2D eigenvalue weighted by atomic mass is 32.2. The quantitative estimate of drug-likeness (QED) is 0.661. The number of rotatable bonds is 4. The lowest BCUT2D eigenvalue weighted by Gasteiger charge is -2.21. The van der Waals surface area contributed by atoms with Crippen molar-refractivity contribution in [3.05, 3.63) is 41.8 Å². The van der Waals surface area contributed by atoms with Crippen LogP contribution in [0.15, 0.2) is 46.7 Å². The number of carbonyl (C=O) groups excluding carboxylic acids is 1. The molecule has 0 aliphatic heterocycles. The second-order valence-corrected chi connectivity index (χ2v) is 5.56. The second-order valence-electron chi connectivity index (χ2n) is 4.58.